The van der Waals surface area contributed by atoms with E-state index >= 15 is 4.39 Å². The van der Waals surface area contributed by atoms with Crippen LogP contribution in [0.2, 0.25) is 5.04 Å². The fourth-order valence-electron chi connectivity index (χ4n) is 7.35. The molecule has 3 aromatic carbocycles. The van der Waals surface area contributed by atoms with Crippen LogP contribution in [0.15, 0.2) is 89.5 Å². The average molecular weight is 759 g/mol. The third-order valence-electron chi connectivity index (χ3n) is 9.99. The molecule has 6 rings (SSSR count). The second kappa shape index (κ2) is 14.7. The minimum atomic E-state index is -2.77. The van der Waals surface area contributed by atoms with Crippen molar-refractivity contribution in [1.29, 1.82) is 0 Å². The molecule has 3 heterocycles. The summed E-state index contributed by atoms with van der Waals surface area (Å²) < 4.78 is 34.4. The summed E-state index contributed by atoms with van der Waals surface area (Å²) in [5, 5.41) is 3.34. The summed E-state index contributed by atoms with van der Waals surface area (Å²) in [4.78, 5) is 10.9. The van der Waals surface area contributed by atoms with E-state index in [9.17, 15) is 0 Å². The van der Waals surface area contributed by atoms with Gasteiger partial charge in [-0.05, 0) is 73.9 Å². The quantitative estimate of drug-likeness (QED) is 0.137. The summed E-state index contributed by atoms with van der Waals surface area (Å²) in [5.41, 5.74) is 5.28. The van der Waals surface area contributed by atoms with Crippen molar-refractivity contribution in [2.45, 2.75) is 59.1 Å². The highest BCUT2D eigenvalue weighted by atomic mass is 79.9. The maximum Gasteiger partial charge on any atom is 0.261 e. The lowest BCUT2D eigenvalue weighted by atomic mass is 9.84. The number of benzene rings is 3. The van der Waals surface area contributed by atoms with Crippen LogP contribution < -0.4 is 15.3 Å². The van der Waals surface area contributed by atoms with E-state index in [1.165, 1.54) is 10.4 Å². The van der Waals surface area contributed by atoms with Gasteiger partial charge < -0.3 is 23.8 Å². The smallest absolute Gasteiger partial charge is 0.261 e. The summed E-state index contributed by atoms with van der Waals surface area (Å²) >= 11 is 3.48. The minimum Gasteiger partial charge on any atom is -0.407 e. The minimum absolute atomic E-state index is 0.142. The van der Waals surface area contributed by atoms with Crippen LogP contribution in [0, 0.1) is 11.2 Å². The number of morpholine rings is 1. The summed E-state index contributed by atoms with van der Waals surface area (Å²) in [6, 6.07) is 27.2. The van der Waals surface area contributed by atoms with Crippen molar-refractivity contribution in [2.24, 2.45) is 5.41 Å². The number of aromatic amines is 1. The van der Waals surface area contributed by atoms with Crippen LogP contribution in [0.3, 0.4) is 0 Å². The van der Waals surface area contributed by atoms with Gasteiger partial charge in [0.05, 0.1) is 47.1 Å². The highest BCUT2D eigenvalue weighted by Gasteiger charge is 2.50. The standard InChI is InChI=1S/C41H49BrFN3O3Si/c1-28(47-7)38-33(22-29(26-44-38)46-18-20-48-21-19-46)39-34(32-23-35(42)36(43)24-37(32)45-39)25-41(5,6)27-49-50(40(2,3)4,30-14-10-8-11-15-30)31-16-12-9-13-17-31/h8-17,22-24,26,28,45H,18-21,25,27H2,1-7H3. The van der Waals surface area contributed by atoms with E-state index < -0.39 is 8.32 Å². The molecule has 0 aliphatic carbocycles. The van der Waals surface area contributed by atoms with Gasteiger partial charge in [-0.3, -0.25) is 4.98 Å². The van der Waals surface area contributed by atoms with Crippen LogP contribution in [0.4, 0.5) is 10.1 Å². The molecule has 1 aliphatic rings. The Morgan fingerprint density at radius 3 is 2.16 bits per heavy atom. The predicted octanol–water partition coefficient (Wildman–Crippen LogP) is 8.82. The molecule has 1 unspecified atom stereocenters. The lowest BCUT2D eigenvalue weighted by Gasteiger charge is -2.44. The monoisotopic (exact) mass is 757 g/mol. The maximum absolute atomic E-state index is 15.1. The molecule has 0 saturated carbocycles. The molecule has 264 valence electrons. The number of fused-ring (bicyclic) bond motifs is 1. The third-order valence-corrected chi connectivity index (χ3v) is 15.6. The Balaban J connectivity index is 1.46. The van der Waals surface area contributed by atoms with Crippen LogP contribution in [0.5, 0.6) is 0 Å². The number of ether oxygens (including phenoxy) is 2. The van der Waals surface area contributed by atoms with Crippen molar-refractivity contribution in [3.8, 4) is 11.3 Å². The van der Waals surface area contributed by atoms with Crippen LogP contribution in [-0.2, 0) is 20.3 Å². The fraction of sp³-hybridized carbons (Fsp3) is 0.390. The van der Waals surface area contributed by atoms with Crippen molar-refractivity contribution in [1.82, 2.24) is 9.97 Å². The van der Waals surface area contributed by atoms with Crippen molar-refractivity contribution >= 4 is 51.2 Å². The number of nitrogens with one attached hydrogen (secondary N) is 1. The predicted molar refractivity (Wildman–Crippen MR) is 209 cm³/mol. The number of methoxy groups -OCH3 is 1. The Hall–Kier alpha value is -3.34. The third kappa shape index (κ3) is 7.21. The highest BCUT2D eigenvalue weighted by Crippen LogP contribution is 2.42. The van der Waals surface area contributed by atoms with Crippen LogP contribution in [0.1, 0.15) is 58.9 Å². The maximum atomic E-state index is 15.1. The molecule has 50 heavy (non-hydrogen) atoms. The number of pyridine rings is 1. The summed E-state index contributed by atoms with van der Waals surface area (Å²) in [6.07, 6.45) is 2.36. The molecule has 1 aliphatic heterocycles. The molecule has 0 bridgehead atoms. The van der Waals surface area contributed by atoms with Gasteiger partial charge in [0.1, 0.15) is 5.82 Å². The summed E-state index contributed by atoms with van der Waals surface area (Å²) in [5.74, 6) is -0.309. The van der Waals surface area contributed by atoms with Gasteiger partial charge >= 0.3 is 0 Å². The Labute approximate surface area is 305 Å². The van der Waals surface area contributed by atoms with E-state index in [-0.39, 0.29) is 22.4 Å². The second-order valence-electron chi connectivity index (χ2n) is 15.2. The normalized spacial score (nSPS) is 15.1. The number of anilines is 1. The first-order valence-electron chi connectivity index (χ1n) is 17.4. The van der Waals surface area contributed by atoms with E-state index in [4.69, 9.17) is 18.9 Å². The van der Waals surface area contributed by atoms with Gasteiger partial charge in [-0.1, -0.05) is 95.3 Å². The van der Waals surface area contributed by atoms with Gasteiger partial charge in [0, 0.05) is 43.3 Å². The topological polar surface area (TPSA) is 59.6 Å². The zero-order valence-electron chi connectivity index (χ0n) is 30.3. The zero-order chi connectivity index (χ0) is 35.7. The van der Waals surface area contributed by atoms with Crippen molar-refractivity contribution in [2.75, 3.05) is 44.9 Å². The molecule has 0 amide bonds. The number of aromatic nitrogens is 2. The van der Waals surface area contributed by atoms with Crippen molar-refractivity contribution in [3.05, 3.63) is 107 Å². The summed E-state index contributed by atoms with van der Waals surface area (Å²) in [7, 11) is -1.07. The number of hydrogen-bond donors (Lipinski definition) is 1. The first-order valence-corrected chi connectivity index (χ1v) is 20.1. The Morgan fingerprint density at radius 1 is 0.960 bits per heavy atom. The fourth-order valence-corrected chi connectivity index (χ4v) is 12.5. The van der Waals surface area contributed by atoms with E-state index in [1.54, 1.807) is 13.2 Å². The van der Waals surface area contributed by atoms with Crippen LogP contribution in [0.25, 0.3) is 22.2 Å². The van der Waals surface area contributed by atoms with E-state index in [0.717, 1.165) is 52.2 Å². The first kappa shape index (κ1) is 36.4. The molecular formula is C41H49BrFN3O3Si. The Bertz CT molecular complexity index is 1880. The van der Waals surface area contributed by atoms with E-state index in [1.807, 2.05) is 19.2 Å². The molecule has 5 aromatic rings. The molecule has 2 aromatic heterocycles. The van der Waals surface area contributed by atoms with E-state index in [0.29, 0.717) is 30.7 Å². The highest BCUT2D eigenvalue weighted by molar-refractivity contribution is 9.10. The number of halogens is 2. The molecule has 1 N–H and O–H groups in total. The SMILES string of the molecule is COC(C)c1ncc(N2CCOCC2)cc1-c1[nH]c2cc(F)c(Br)cc2c1CC(C)(C)CO[Si](c1ccccc1)(c1ccccc1)C(C)(C)C. The summed E-state index contributed by atoms with van der Waals surface area (Å²) in [6.45, 7) is 17.0. The van der Waals surface area contributed by atoms with Gasteiger partial charge in [0.15, 0.2) is 0 Å². The molecule has 6 nitrogen and oxygen atoms in total. The molecular weight excluding hydrogens is 709 g/mol. The second-order valence-corrected chi connectivity index (χ2v) is 20.3. The number of nitrogens with zero attached hydrogens (tertiary/aromatic N) is 2. The molecule has 0 radical (unpaired) electrons. The van der Waals surface area contributed by atoms with Crippen LogP contribution >= 0.6 is 15.9 Å². The molecule has 9 heteroatoms. The van der Waals surface area contributed by atoms with Gasteiger partial charge in [-0.15, -0.1) is 0 Å². The van der Waals surface area contributed by atoms with Crippen molar-refractivity contribution in [3.63, 3.8) is 0 Å². The molecule has 0 spiro atoms. The number of hydrogen-bond acceptors (Lipinski definition) is 5. The van der Waals surface area contributed by atoms with Gasteiger partial charge in [-0.2, -0.15) is 0 Å². The first-order chi connectivity index (χ1) is 23.8. The van der Waals surface area contributed by atoms with Gasteiger partial charge in [0.25, 0.3) is 8.32 Å². The Morgan fingerprint density at radius 2 is 1.58 bits per heavy atom. The zero-order valence-corrected chi connectivity index (χ0v) is 32.9. The lowest BCUT2D eigenvalue weighted by Crippen LogP contribution is -2.67. The van der Waals surface area contributed by atoms with Crippen molar-refractivity contribution < 1.29 is 18.3 Å². The molecule has 1 saturated heterocycles. The largest absolute Gasteiger partial charge is 0.407 e. The van der Waals surface area contributed by atoms with Gasteiger partial charge in [0.2, 0.25) is 0 Å². The van der Waals surface area contributed by atoms with E-state index in [2.05, 4.69) is 127 Å². The Kier molecular flexibility index (Phi) is 10.7. The molecule has 1 atom stereocenters. The van der Waals surface area contributed by atoms with Crippen LogP contribution in [-0.4, -0.2) is 58.3 Å². The van der Waals surface area contributed by atoms with Gasteiger partial charge in [-0.25, -0.2) is 4.39 Å². The average Bonchev–Trinajstić information content (AvgIpc) is 3.44. The number of rotatable bonds is 11. The number of H-pyrrole nitrogens is 1. The molecule has 1 fully saturated rings. The lowest BCUT2D eigenvalue weighted by molar-refractivity contribution is 0.116.